The molecule has 1 aliphatic heterocycles. The van der Waals surface area contributed by atoms with E-state index in [-0.39, 0.29) is 23.9 Å². The van der Waals surface area contributed by atoms with Crippen molar-refractivity contribution >= 4 is 34.4 Å². The summed E-state index contributed by atoms with van der Waals surface area (Å²) in [6.07, 6.45) is 5.24. The van der Waals surface area contributed by atoms with Gasteiger partial charge in [0.2, 0.25) is 11.8 Å². The molecule has 2 amide bonds. The van der Waals surface area contributed by atoms with Gasteiger partial charge in [-0.3, -0.25) is 14.5 Å². The van der Waals surface area contributed by atoms with Gasteiger partial charge in [-0.05, 0) is 92.2 Å². The first kappa shape index (κ1) is 30.5. The lowest BCUT2D eigenvalue weighted by Crippen LogP contribution is -2.52. The molecule has 2 aliphatic rings. The monoisotopic (exact) mass is 610 g/mol. The van der Waals surface area contributed by atoms with Crippen molar-refractivity contribution in [2.24, 2.45) is 23.3 Å². The number of nitrogens with zero attached hydrogens (tertiary/aromatic N) is 4. The third-order valence-electron chi connectivity index (χ3n) is 9.45. The summed E-state index contributed by atoms with van der Waals surface area (Å²) in [5, 5.41) is 0. The number of H-pyrrole nitrogens is 2. The summed E-state index contributed by atoms with van der Waals surface area (Å²) in [5.74, 6) is 0.387. The molecule has 2 aromatic heterocycles. The van der Waals surface area contributed by atoms with Gasteiger partial charge in [0.25, 0.3) is 0 Å². The smallest absolute Gasteiger partial charge is 0.323 e. The molecule has 1 saturated carbocycles. The number of hydrogen-bond acceptors (Lipinski definition) is 7. The Balaban J connectivity index is 1.31. The molecule has 11 nitrogen and oxygen atoms in total. The van der Waals surface area contributed by atoms with E-state index < -0.39 is 11.9 Å². The van der Waals surface area contributed by atoms with Gasteiger partial charge in [-0.25, -0.2) is 9.78 Å². The lowest BCUT2D eigenvalue weighted by molar-refractivity contribution is -0.127. The molecule has 3 heterocycles. The number of pyridine rings is 1. The average molecular weight is 611 g/mol. The minimum absolute atomic E-state index is 0.131. The van der Waals surface area contributed by atoms with Crippen LogP contribution >= 0.6 is 0 Å². The molecule has 4 aromatic rings. The minimum Gasteiger partial charge on any atom is -0.368 e. The highest BCUT2D eigenvalue weighted by Crippen LogP contribution is 2.33. The zero-order chi connectivity index (χ0) is 31.5. The van der Waals surface area contributed by atoms with Crippen LogP contribution in [-0.2, 0) is 16.0 Å². The zero-order valence-electron chi connectivity index (χ0n) is 25.7. The maximum absolute atomic E-state index is 14.3. The van der Waals surface area contributed by atoms with Crippen LogP contribution in [0.5, 0.6) is 0 Å². The predicted molar refractivity (Wildman–Crippen MR) is 177 cm³/mol. The Bertz CT molecular complexity index is 1720. The molecule has 2 fully saturated rings. The van der Waals surface area contributed by atoms with Crippen LogP contribution in [-0.4, -0.2) is 77.5 Å². The number of aromatic nitrogens is 3. The Morgan fingerprint density at radius 3 is 2.42 bits per heavy atom. The number of anilines is 2. The minimum atomic E-state index is -0.929. The van der Waals surface area contributed by atoms with Crippen LogP contribution in [0.4, 0.5) is 11.5 Å². The molecule has 2 aromatic carbocycles. The average Bonchev–Trinajstić information content (AvgIpc) is 3.44. The van der Waals surface area contributed by atoms with Gasteiger partial charge >= 0.3 is 5.69 Å². The van der Waals surface area contributed by atoms with Gasteiger partial charge in [0.15, 0.2) is 0 Å². The first-order valence-corrected chi connectivity index (χ1v) is 15.8. The van der Waals surface area contributed by atoms with Crippen LogP contribution in [0.3, 0.4) is 0 Å². The maximum atomic E-state index is 14.3. The molecule has 6 rings (SSSR count). The topological polar surface area (TPSA) is 157 Å². The van der Waals surface area contributed by atoms with Crippen LogP contribution < -0.4 is 27.0 Å². The second-order valence-electron chi connectivity index (χ2n) is 12.5. The number of fused-ring (bicyclic) bond motifs is 1. The Morgan fingerprint density at radius 1 is 0.956 bits per heavy atom. The van der Waals surface area contributed by atoms with Crippen molar-refractivity contribution < 1.29 is 9.59 Å². The fourth-order valence-corrected chi connectivity index (χ4v) is 6.70. The molecule has 0 bridgehead atoms. The molecule has 1 saturated heterocycles. The summed E-state index contributed by atoms with van der Waals surface area (Å²) in [6.45, 7) is 4.44. The van der Waals surface area contributed by atoms with Crippen molar-refractivity contribution in [3.63, 3.8) is 0 Å². The second-order valence-corrected chi connectivity index (χ2v) is 12.5. The molecule has 1 atom stereocenters. The van der Waals surface area contributed by atoms with E-state index >= 15 is 0 Å². The summed E-state index contributed by atoms with van der Waals surface area (Å²) >= 11 is 0. The van der Waals surface area contributed by atoms with E-state index in [0.717, 1.165) is 61.5 Å². The van der Waals surface area contributed by atoms with Gasteiger partial charge in [0.1, 0.15) is 11.9 Å². The lowest BCUT2D eigenvalue weighted by Gasteiger charge is -2.35. The fraction of sp³-hybridized carbons (Fsp3) is 0.412. The molecule has 45 heavy (non-hydrogen) atoms. The van der Waals surface area contributed by atoms with E-state index in [1.165, 1.54) is 0 Å². The zero-order valence-corrected chi connectivity index (χ0v) is 25.7. The molecular formula is C34H42N8O3. The van der Waals surface area contributed by atoms with Gasteiger partial charge in [-0.15, -0.1) is 0 Å². The van der Waals surface area contributed by atoms with Crippen molar-refractivity contribution in [2.45, 2.75) is 38.1 Å². The number of amides is 2. The summed E-state index contributed by atoms with van der Waals surface area (Å²) in [5.41, 5.74) is 16.3. The maximum Gasteiger partial charge on any atom is 0.323 e. The third-order valence-corrected chi connectivity index (χ3v) is 9.45. The molecule has 6 N–H and O–H groups in total. The second kappa shape index (κ2) is 13.3. The van der Waals surface area contributed by atoms with Crippen molar-refractivity contribution in [2.75, 3.05) is 49.6 Å². The SMILES string of the molecule is CN1CCN(c2cc(-c3cccc(C[C@@H](C(N)=O)N(C(=O)C4CCC(CN)CC4)c4ccc5[nH]c(=O)[nH]c5c4)c3)ccn2)CC1. The number of carbonyl (C=O) groups is 2. The number of imidazole rings is 1. The highest BCUT2D eigenvalue weighted by molar-refractivity contribution is 6.02. The number of rotatable bonds is 9. The van der Waals surface area contributed by atoms with Gasteiger partial charge < -0.3 is 31.2 Å². The van der Waals surface area contributed by atoms with Crippen molar-refractivity contribution in [1.29, 1.82) is 0 Å². The lowest BCUT2D eigenvalue weighted by atomic mass is 9.81. The molecule has 1 aliphatic carbocycles. The van der Waals surface area contributed by atoms with Gasteiger partial charge in [0, 0.05) is 50.4 Å². The predicted octanol–water partition coefficient (Wildman–Crippen LogP) is 2.86. The van der Waals surface area contributed by atoms with Crippen LogP contribution in [0.15, 0.2) is 65.6 Å². The van der Waals surface area contributed by atoms with Crippen LogP contribution in [0.1, 0.15) is 31.2 Å². The van der Waals surface area contributed by atoms with Crippen molar-refractivity contribution in [3.8, 4) is 11.1 Å². The highest BCUT2D eigenvalue weighted by Gasteiger charge is 2.36. The first-order valence-electron chi connectivity index (χ1n) is 15.8. The van der Waals surface area contributed by atoms with Gasteiger partial charge in [-0.1, -0.05) is 24.3 Å². The normalized spacial score (nSPS) is 19.8. The Kier molecular flexibility index (Phi) is 8.99. The van der Waals surface area contributed by atoms with Crippen molar-refractivity contribution in [1.82, 2.24) is 19.9 Å². The van der Waals surface area contributed by atoms with E-state index in [9.17, 15) is 14.4 Å². The number of benzene rings is 2. The van der Waals surface area contributed by atoms with Crippen LogP contribution in [0.2, 0.25) is 0 Å². The quantitative estimate of drug-likeness (QED) is 0.227. The number of hydrogen-bond donors (Lipinski definition) is 4. The molecule has 0 radical (unpaired) electrons. The van der Waals surface area contributed by atoms with E-state index in [0.29, 0.717) is 42.0 Å². The van der Waals surface area contributed by atoms with Gasteiger partial charge in [-0.2, -0.15) is 0 Å². The molecule has 11 heteroatoms. The van der Waals surface area contributed by atoms with Crippen LogP contribution in [0.25, 0.3) is 22.2 Å². The molecular weight excluding hydrogens is 568 g/mol. The Hall–Kier alpha value is -4.48. The summed E-state index contributed by atoms with van der Waals surface area (Å²) in [4.78, 5) is 55.8. The Labute approximate surface area is 262 Å². The summed E-state index contributed by atoms with van der Waals surface area (Å²) in [7, 11) is 2.13. The standard InChI is InChI=1S/C34H42N8O3/c1-40-13-15-41(16-14-40)31-19-26(11-12-37-31)25-4-2-3-23(17-25)18-30(32(36)43)42(33(44)24-7-5-22(21-35)6-8-24)27-9-10-28-29(20-27)39-34(45)38-28/h2-4,9-12,17,19-20,22,24,30H,5-8,13-16,18,21,35H2,1H3,(H2,36,43)(H2,38,39,45)/t22?,24?,30-/m0/s1. The van der Waals surface area contributed by atoms with E-state index in [4.69, 9.17) is 11.5 Å². The number of primary amides is 1. The number of nitrogens with two attached hydrogens (primary N) is 2. The highest BCUT2D eigenvalue weighted by atomic mass is 16.2. The number of piperazine rings is 1. The number of aromatic amines is 2. The van der Waals surface area contributed by atoms with E-state index in [2.05, 4.69) is 43.9 Å². The molecule has 0 spiro atoms. The molecule has 0 unspecified atom stereocenters. The van der Waals surface area contributed by atoms with E-state index in [1.54, 1.807) is 23.1 Å². The summed E-state index contributed by atoms with van der Waals surface area (Å²) in [6, 6.07) is 16.4. The molecule has 236 valence electrons. The van der Waals surface area contributed by atoms with E-state index in [1.807, 2.05) is 30.5 Å². The first-order chi connectivity index (χ1) is 21.8. The Morgan fingerprint density at radius 2 is 1.69 bits per heavy atom. The third kappa shape index (κ3) is 6.79. The van der Waals surface area contributed by atoms with Crippen LogP contribution in [0, 0.1) is 11.8 Å². The number of nitrogens with one attached hydrogen (secondary N) is 2. The fourth-order valence-electron chi connectivity index (χ4n) is 6.70. The number of carbonyl (C=O) groups excluding carboxylic acids is 2. The number of likely N-dealkylation sites (N-methyl/N-ethyl adjacent to an activating group) is 1. The largest absolute Gasteiger partial charge is 0.368 e. The summed E-state index contributed by atoms with van der Waals surface area (Å²) < 4.78 is 0. The van der Waals surface area contributed by atoms with Gasteiger partial charge in [0.05, 0.1) is 11.0 Å². The van der Waals surface area contributed by atoms with Crippen molar-refractivity contribution in [3.05, 3.63) is 76.8 Å².